The molecule has 1 aromatic heterocycles. The highest BCUT2D eigenvalue weighted by atomic mass is 32.1. The molecule has 3 rings (SSSR count). The fourth-order valence-electron chi connectivity index (χ4n) is 3.21. The van der Waals surface area contributed by atoms with Crippen LogP contribution >= 0.6 is 11.3 Å². The topological polar surface area (TPSA) is 65.5 Å². The van der Waals surface area contributed by atoms with E-state index in [1.807, 2.05) is 15.2 Å². The van der Waals surface area contributed by atoms with Crippen LogP contribution in [-0.2, 0) is 4.79 Å². The van der Waals surface area contributed by atoms with Crippen LogP contribution in [0.25, 0.3) is 0 Å². The molecule has 126 valence electrons. The predicted molar refractivity (Wildman–Crippen MR) is 89.7 cm³/mol. The number of thiazole rings is 1. The van der Waals surface area contributed by atoms with Gasteiger partial charge in [0.2, 0.25) is 5.91 Å². The van der Waals surface area contributed by atoms with E-state index < -0.39 is 0 Å². The zero-order valence-corrected chi connectivity index (χ0v) is 14.6. The average Bonchev–Trinajstić information content (AvgIpc) is 3.05. The first-order valence-corrected chi connectivity index (χ1v) is 9.19. The number of amides is 2. The SMILES string of the molecule is CC(C)c1nc(C(=O)N2CCCC(N3CCNCC3=O)C2)cs1. The number of piperazine rings is 1. The van der Waals surface area contributed by atoms with E-state index in [0.29, 0.717) is 24.7 Å². The number of carbonyl (C=O) groups is 2. The van der Waals surface area contributed by atoms with Crippen molar-refractivity contribution in [3.63, 3.8) is 0 Å². The lowest BCUT2D eigenvalue weighted by molar-refractivity contribution is -0.135. The molecule has 0 spiro atoms. The van der Waals surface area contributed by atoms with Crippen molar-refractivity contribution in [1.82, 2.24) is 20.1 Å². The van der Waals surface area contributed by atoms with Crippen molar-refractivity contribution >= 4 is 23.2 Å². The molecule has 1 atom stereocenters. The molecule has 2 aliphatic rings. The van der Waals surface area contributed by atoms with Gasteiger partial charge in [-0.05, 0) is 12.8 Å². The molecule has 7 heteroatoms. The molecular weight excluding hydrogens is 312 g/mol. The number of hydrogen-bond acceptors (Lipinski definition) is 5. The Kier molecular flexibility index (Phi) is 4.96. The minimum Gasteiger partial charge on any atom is -0.336 e. The Morgan fingerprint density at radius 2 is 2.26 bits per heavy atom. The minimum atomic E-state index is 0.000401. The van der Waals surface area contributed by atoms with Crippen LogP contribution in [0.15, 0.2) is 5.38 Å². The molecule has 2 saturated heterocycles. The third kappa shape index (κ3) is 3.55. The second-order valence-electron chi connectivity index (χ2n) is 6.54. The van der Waals surface area contributed by atoms with Crippen molar-refractivity contribution in [2.24, 2.45) is 0 Å². The van der Waals surface area contributed by atoms with E-state index in [-0.39, 0.29) is 17.9 Å². The van der Waals surface area contributed by atoms with Gasteiger partial charge in [0.15, 0.2) is 0 Å². The first-order valence-electron chi connectivity index (χ1n) is 8.31. The first kappa shape index (κ1) is 16.4. The van der Waals surface area contributed by atoms with Gasteiger partial charge >= 0.3 is 0 Å². The average molecular weight is 336 g/mol. The van der Waals surface area contributed by atoms with Crippen molar-refractivity contribution < 1.29 is 9.59 Å². The first-order chi connectivity index (χ1) is 11.1. The molecule has 2 fully saturated rings. The molecule has 0 radical (unpaired) electrons. The van der Waals surface area contributed by atoms with E-state index in [4.69, 9.17) is 0 Å². The number of nitrogens with zero attached hydrogens (tertiary/aromatic N) is 3. The molecule has 0 bridgehead atoms. The van der Waals surface area contributed by atoms with Gasteiger partial charge in [0.25, 0.3) is 5.91 Å². The Hall–Kier alpha value is -1.47. The summed E-state index contributed by atoms with van der Waals surface area (Å²) in [6, 6.07) is 0.144. The van der Waals surface area contributed by atoms with E-state index in [1.54, 1.807) is 11.3 Å². The van der Waals surface area contributed by atoms with Crippen LogP contribution < -0.4 is 5.32 Å². The second kappa shape index (κ2) is 6.97. The van der Waals surface area contributed by atoms with E-state index in [1.165, 1.54) is 0 Å². The number of likely N-dealkylation sites (tertiary alicyclic amines) is 1. The maximum absolute atomic E-state index is 12.7. The number of piperidine rings is 1. The molecule has 1 aromatic rings. The highest BCUT2D eigenvalue weighted by Gasteiger charge is 2.32. The van der Waals surface area contributed by atoms with Crippen LogP contribution in [0, 0.1) is 0 Å². The molecule has 0 saturated carbocycles. The monoisotopic (exact) mass is 336 g/mol. The Morgan fingerprint density at radius 1 is 1.43 bits per heavy atom. The van der Waals surface area contributed by atoms with Crippen LogP contribution in [-0.4, -0.2) is 65.4 Å². The fraction of sp³-hybridized carbons (Fsp3) is 0.688. The van der Waals surface area contributed by atoms with Gasteiger partial charge in [-0.15, -0.1) is 11.3 Å². The molecule has 1 N–H and O–H groups in total. The van der Waals surface area contributed by atoms with Crippen molar-refractivity contribution in [2.75, 3.05) is 32.7 Å². The van der Waals surface area contributed by atoms with Gasteiger partial charge in [0.1, 0.15) is 5.69 Å². The van der Waals surface area contributed by atoms with Crippen molar-refractivity contribution in [1.29, 1.82) is 0 Å². The van der Waals surface area contributed by atoms with Crippen LogP contribution in [0.4, 0.5) is 0 Å². The van der Waals surface area contributed by atoms with Crippen molar-refractivity contribution in [2.45, 2.75) is 38.6 Å². The Morgan fingerprint density at radius 3 is 2.96 bits per heavy atom. The van der Waals surface area contributed by atoms with Crippen molar-refractivity contribution in [3.05, 3.63) is 16.1 Å². The molecule has 0 aromatic carbocycles. The molecule has 6 nitrogen and oxygen atoms in total. The number of carbonyl (C=O) groups excluding carboxylic acids is 2. The van der Waals surface area contributed by atoms with Crippen LogP contribution in [0.1, 0.15) is 48.1 Å². The zero-order chi connectivity index (χ0) is 16.4. The molecule has 1 unspecified atom stereocenters. The number of rotatable bonds is 3. The fourth-order valence-corrected chi connectivity index (χ4v) is 4.02. The predicted octanol–water partition coefficient (Wildman–Crippen LogP) is 1.30. The summed E-state index contributed by atoms with van der Waals surface area (Å²) in [6.45, 7) is 7.53. The maximum Gasteiger partial charge on any atom is 0.273 e. The summed E-state index contributed by atoms with van der Waals surface area (Å²) in [5.41, 5.74) is 0.547. The highest BCUT2D eigenvalue weighted by Crippen LogP contribution is 2.22. The summed E-state index contributed by atoms with van der Waals surface area (Å²) in [5, 5.41) is 5.95. The van der Waals surface area contributed by atoms with Gasteiger partial charge in [0.05, 0.1) is 11.6 Å². The lowest BCUT2D eigenvalue weighted by Gasteiger charge is -2.40. The minimum absolute atomic E-state index is 0.000401. The third-order valence-electron chi connectivity index (χ3n) is 4.49. The van der Waals surface area contributed by atoms with Gasteiger partial charge in [-0.25, -0.2) is 4.98 Å². The summed E-state index contributed by atoms with van der Waals surface area (Å²) in [5.74, 6) is 0.487. The third-order valence-corrected chi connectivity index (χ3v) is 5.63. The number of aromatic nitrogens is 1. The summed E-state index contributed by atoms with van der Waals surface area (Å²) in [7, 11) is 0. The second-order valence-corrected chi connectivity index (χ2v) is 7.43. The van der Waals surface area contributed by atoms with Crippen molar-refractivity contribution in [3.8, 4) is 0 Å². The largest absolute Gasteiger partial charge is 0.336 e. The number of hydrogen-bond donors (Lipinski definition) is 1. The molecule has 0 aliphatic carbocycles. The molecular formula is C16H24N4O2S. The summed E-state index contributed by atoms with van der Waals surface area (Å²) in [4.78, 5) is 33.0. The Bertz CT molecular complexity index is 586. The zero-order valence-electron chi connectivity index (χ0n) is 13.7. The lowest BCUT2D eigenvalue weighted by Crippen LogP contribution is -2.57. The normalized spacial score (nSPS) is 22.7. The molecule has 2 amide bonds. The Labute approximate surface area is 140 Å². The van der Waals surface area contributed by atoms with E-state index in [0.717, 1.165) is 37.5 Å². The van der Waals surface area contributed by atoms with E-state index in [2.05, 4.69) is 24.1 Å². The lowest BCUT2D eigenvalue weighted by atomic mass is 10.0. The van der Waals surface area contributed by atoms with Gasteiger partial charge in [0, 0.05) is 43.5 Å². The van der Waals surface area contributed by atoms with Gasteiger partial charge in [-0.2, -0.15) is 0 Å². The summed E-state index contributed by atoms with van der Waals surface area (Å²) in [6.07, 6.45) is 1.92. The van der Waals surface area contributed by atoms with E-state index >= 15 is 0 Å². The quantitative estimate of drug-likeness (QED) is 0.904. The van der Waals surface area contributed by atoms with Crippen LogP contribution in [0.5, 0.6) is 0 Å². The van der Waals surface area contributed by atoms with E-state index in [9.17, 15) is 9.59 Å². The van der Waals surface area contributed by atoms with Gasteiger partial charge in [-0.3, -0.25) is 9.59 Å². The molecule has 23 heavy (non-hydrogen) atoms. The number of nitrogens with one attached hydrogen (secondary N) is 1. The smallest absolute Gasteiger partial charge is 0.273 e. The summed E-state index contributed by atoms with van der Waals surface area (Å²) < 4.78 is 0. The van der Waals surface area contributed by atoms with Gasteiger partial charge < -0.3 is 15.1 Å². The standard InChI is InChI=1S/C16H24N4O2S/c1-11(2)15-18-13(10-23-15)16(22)19-6-3-4-12(9-19)20-7-5-17-8-14(20)21/h10-12,17H,3-9H2,1-2H3. The van der Waals surface area contributed by atoms with Crippen LogP contribution in [0.3, 0.4) is 0 Å². The summed E-state index contributed by atoms with van der Waals surface area (Å²) >= 11 is 1.55. The molecule has 3 heterocycles. The van der Waals surface area contributed by atoms with Gasteiger partial charge in [-0.1, -0.05) is 13.8 Å². The Balaban J connectivity index is 1.67. The highest BCUT2D eigenvalue weighted by molar-refractivity contribution is 7.09. The molecule has 2 aliphatic heterocycles. The maximum atomic E-state index is 12.7. The van der Waals surface area contributed by atoms with Crippen LogP contribution in [0.2, 0.25) is 0 Å².